The Morgan fingerprint density at radius 3 is 2.82 bits per heavy atom. The van der Waals surface area contributed by atoms with Crippen molar-refractivity contribution in [3.63, 3.8) is 0 Å². The van der Waals surface area contributed by atoms with Gasteiger partial charge in [0.05, 0.1) is 18.3 Å². The van der Waals surface area contributed by atoms with Crippen molar-refractivity contribution in [1.82, 2.24) is 4.72 Å². The highest BCUT2D eigenvalue weighted by Gasteiger charge is 2.41. The number of carbonyl (C=O) groups excluding carboxylic acids is 1. The van der Waals surface area contributed by atoms with Gasteiger partial charge in [-0.3, -0.25) is 4.79 Å². The van der Waals surface area contributed by atoms with E-state index in [0.29, 0.717) is 19.3 Å². The largest absolute Gasteiger partial charge is 0.469 e. The minimum Gasteiger partial charge on any atom is -0.469 e. The summed E-state index contributed by atoms with van der Waals surface area (Å²) in [4.78, 5) is 11.5. The van der Waals surface area contributed by atoms with Gasteiger partial charge in [-0.05, 0) is 12.8 Å². The highest BCUT2D eigenvalue weighted by Crippen LogP contribution is 2.31. The first kappa shape index (κ1) is 14.0. The van der Waals surface area contributed by atoms with Gasteiger partial charge in [0.1, 0.15) is 0 Å². The second kappa shape index (κ2) is 6.03. The van der Waals surface area contributed by atoms with Crippen LogP contribution in [0.3, 0.4) is 0 Å². The molecule has 1 aliphatic rings. The molecule has 0 aromatic heterocycles. The lowest BCUT2D eigenvalue weighted by Crippen LogP contribution is -2.39. The van der Waals surface area contributed by atoms with Crippen molar-refractivity contribution >= 4 is 16.0 Å². The number of esters is 1. The fourth-order valence-electron chi connectivity index (χ4n) is 2.09. The lowest BCUT2D eigenvalue weighted by atomic mass is 10.1. The van der Waals surface area contributed by atoms with Crippen LogP contribution in [-0.2, 0) is 19.6 Å². The number of rotatable bonds is 5. The molecule has 0 heterocycles. The second-order valence-electron chi connectivity index (χ2n) is 3.99. The van der Waals surface area contributed by atoms with E-state index >= 15 is 0 Å². The summed E-state index contributed by atoms with van der Waals surface area (Å²) < 4.78 is 31.0. The fraction of sp³-hybridized carbons (Fsp3) is 0.727. The van der Waals surface area contributed by atoms with Crippen molar-refractivity contribution < 1.29 is 17.9 Å². The molecule has 0 saturated heterocycles. The molecule has 0 spiro atoms. The van der Waals surface area contributed by atoms with Crippen molar-refractivity contribution in [2.24, 2.45) is 5.92 Å². The van der Waals surface area contributed by atoms with Crippen LogP contribution in [0, 0.1) is 18.3 Å². The molecule has 1 N–H and O–H groups in total. The summed E-state index contributed by atoms with van der Waals surface area (Å²) >= 11 is 0. The Morgan fingerprint density at radius 1 is 1.53 bits per heavy atom. The third-order valence-electron chi connectivity index (χ3n) is 2.93. The quantitative estimate of drug-likeness (QED) is 0.437. The molecule has 96 valence electrons. The fourth-order valence-corrected chi connectivity index (χ4v) is 3.85. The molecule has 6 heteroatoms. The molecule has 1 saturated carbocycles. The third-order valence-corrected chi connectivity index (χ3v) is 4.90. The molecule has 0 aromatic rings. The summed E-state index contributed by atoms with van der Waals surface area (Å²) in [6, 6.07) is 0. The smallest absolute Gasteiger partial charge is 0.310 e. The van der Waals surface area contributed by atoms with Gasteiger partial charge in [0.25, 0.3) is 0 Å². The first-order chi connectivity index (χ1) is 8.03. The van der Waals surface area contributed by atoms with Gasteiger partial charge in [-0.25, -0.2) is 13.1 Å². The molecule has 2 unspecified atom stereocenters. The monoisotopic (exact) mass is 259 g/mol. The topological polar surface area (TPSA) is 72.5 Å². The normalized spacial score (nSPS) is 24.2. The Hall–Kier alpha value is -1.06. The van der Waals surface area contributed by atoms with E-state index in [-0.39, 0.29) is 6.54 Å². The minimum absolute atomic E-state index is 0.212. The lowest BCUT2D eigenvalue weighted by molar-refractivity contribution is -0.145. The van der Waals surface area contributed by atoms with Gasteiger partial charge in [0.15, 0.2) is 0 Å². The number of terminal acetylenes is 1. The minimum atomic E-state index is -3.48. The molecule has 0 amide bonds. The molecule has 1 rings (SSSR count). The molecule has 0 aliphatic heterocycles. The Morgan fingerprint density at radius 2 is 2.24 bits per heavy atom. The average Bonchev–Trinajstić information content (AvgIpc) is 2.78. The maximum atomic E-state index is 12.0. The standard InChI is InChI=1S/C11H17NO4S/c1-3-4-8-12-17(14,15)10-7-5-6-9(10)11(13)16-2/h1,9-10,12H,4-8H2,2H3. The first-order valence-electron chi connectivity index (χ1n) is 5.52. The van der Waals surface area contributed by atoms with Gasteiger partial charge in [-0.1, -0.05) is 6.42 Å². The lowest BCUT2D eigenvalue weighted by Gasteiger charge is -2.18. The number of nitrogens with one attached hydrogen (secondary N) is 1. The molecule has 0 aromatic carbocycles. The first-order valence-corrected chi connectivity index (χ1v) is 7.07. The van der Waals surface area contributed by atoms with Gasteiger partial charge in [0, 0.05) is 13.0 Å². The summed E-state index contributed by atoms with van der Waals surface area (Å²) in [5.74, 6) is 1.36. The molecule has 0 radical (unpaired) electrons. The van der Waals surface area contributed by atoms with Crippen LogP contribution in [0.4, 0.5) is 0 Å². The Balaban J connectivity index is 2.70. The van der Waals surface area contributed by atoms with E-state index in [9.17, 15) is 13.2 Å². The summed E-state index contributed by atoms with van der Waals surface area (Å²) in [5.41, 5.74) is 0. The number of hydrogen-bond acceptors (Lipinski definition) is 4. The molecule has 1 aliphatic carbocycles. The van der Waals surface area contributed by atoms with E-state index in [2.05, 4.69) is 15.4 Å². The second-order valence-corrected chi connectivity index (χ2v) is 5.98. The molecular weight excluding hydrogens is 242 g/mol. The number of sulfonamides is 1. The molecular formula is C11H17NO4S. The zero-order chi connectivity index (χ0) is 12.9. The summed E-state index contributed by atoms with van der Waals surface area (Å²) in [5, 5.41) is -0.687. The van der Waals surface area contributed by atoms with E-state index < -0.39 is 27.2 Å². The van der Waals surface area contributed by atoms with E-state index in [1.165, 1.54) is 7.11 Å². The van der Waals surface area contributed by atoms with Gasteiger partial charge in [0.2, 0.25) is 10.0 Å². The number of methoxy groups -OCH3 is 1. The summed E-state index contributed by atoms with van der Waals surface area (Å²) in [6.45, 7) is 0.212. The van der Waals surface area contributed by atoms with E-state index in [0.717, 1.165) is 6.42 Å². The van der Waals surface area contributed by atoms with Crippen LogP contribution in [0.15, 0.2) is 0 Å². The molecule has 1 fully saturated rings. The van der Waals surface area contributed by atoms with Crippen LogP contribution in [0.5, 0.6) is 0 Å². The van der Waals surface area contributed by atoms with Crippen molar-refractivity contribution in [2.75, 3.05) is 13.7 Å². The van der Waals surface area contributed by atoms with Gasteiger partial charge in [-0.2, -0.15) is 0 Å². The molecule has 17 heavy (non-hydrogen) atoms. The summed E-state index contributed by atoms with van der Waals surface area (Å²) in [7, 11) is -2.21. The third kappa shape index (κ3) is 3.45. The van der Waals surface area contributed by atoms with Crippen molar-refractivity contribution in [3.05, 3.63) is 0 Å². The molecule has 5 nitrogen and oxygen atoms in total. The predicted molar refractivity (Wildman–Crippen MR) is 63.5 cm³/mol. The van der Waals surface area contributed by atoms with E-state index in [4.69, 9.17) is 6.42 Å². The van der Waals surface area contributed by atoms with Crippen LogP contribution < -0.4 is 4.72 Å². The van der Waals surface area contributed by atoms with Crippen LogP contribution in [-0.4, -0.2) is 33.3 Å². The Kier molecular flexibility index (Phi) is 4.97. The van der Waals surface area contributed by atoms with E-state index in [1.54, 1.807) is 0 Å². The molecule has 2 atom stereocenters. The number of hydrogen-bond donors (Lipinski definition) is 1. The zero-order valence-corrected chi connectivity index (χ0v) is 10.6. The van der Waals surface area contributed by atoms with Gasteiger partial charge < -0.3 is 4.74 Å². The maximum Gasteiger partial charge on any atom is 0.310 e. The Labute approximate surface area is 102 Å². The average molecular weight is 259 g/mol. The molecule has 0 bridgehead atoms. The van der Waals surface area contributed by atoms with Crippen LogP contribution in [0.2, 0.25) is 0 Å². The van der Waals surface area contributed by atoms with Crippen molar-refractivity contribution in [1.29, 1.82) is 0 Å². The number of carbonyl (C=O) groups is 1. The Bertz CT molecular complexity index is 410. The maximum absolute atomic E-state index is 12.0. The predicted octanol–water partition coefficient (Wildman–Crippen LogP) is 0.271. The van der Waals surface area contributed by atoms with Crippen molar-refractivity contribution in [3.8, 4) is 12.3 Å². The van der Waals surface area contributed by atoms with E-state index in [1.807, 2.05) is 0 Å². The van der Waals surface area contributed by atoms with Crippen LogP contribution in [0.25, 0.3) is 0 Å². The summed E-state index contributed by atoms with van der Waals surface area (Å²) in [6.07, 6.45) is 7.17. The van der Waals surface area contributed by atoms with Crippen LogP contribution in [0.1, 0.15) is 25.7 Å². The van der Waals surface area contributed by atoms with Crippen molar-refractivity contribution in [2.45, 2.75) is 30.9 Å². The zero-order valence-electron chi connectivity index (χ0n) is 9.81. The SMILES string of the molecule is C#CCCNS(=O)(=O)C1CCCC1C(=O)OC. The van der Waals surface area contributed by atoms with Gasteiger partial charge in [-0.15, -0.1) is 12.3 Å². The highest BCUT2D eigenvalue weighted by molar-refractivity contribution is 7.90. The van der Waals surface area contributed by atoms with Crippen LogP contribution >= 0.6 is 0 Å². The highest BCUT2D eigenvalue weighted by atomic mass is 32.2. The van der Waals surface area contributed by atoms with Gasteiger partial charge >= 0.3 is 5.97 Å². The number of ether oxygens (including phenoxy) is 1.